The molecule has 44 heavy (non-hydrogen) atoms. The fraction of sp³-hybridized carbons (Fsp3) is 0.472. The first-order valence-electron chi connectivity index (χ1n) is 15.8. The lowest BCUT2D eigenvalue weighted by Crippen LogP contribution is -2.49. The topological polar surface area (TPSA) is 101 Å². The van der Waals surface area contributed by atoms with E-state index in [2.05, 4.69) is 31.1 Å². The van der Waals surface area contributed by atoms with E-state index in [1.54, 1.807) is 23.4 Å². The Hall–Kier alpha value is -3.59. The van der Waals surface area contributed by atoms with Crippen molar-refractivity contribution in [1.82, 2.24) is 10.3 Å². The monoisotopic (exact) mass is 595 g/mol. The number of nitrogens with zero attached hydrogens (tertiary/aromatic N) is 2. The number of hydrogen-bond donors (Lipinski definition) is 2. The van der Waals surface area contributed by atoms with Gasteiger partial charge in [0.15, 0.2) is 6.29 Å². The van der Waals surface area contributed by atoms with Crippen LogP contribution < -0.4 is 10.2 Å². The van der Waals surface area contributed by atoms with Crippen LogP contribution in [0, 0.1) is 23.7 Å². The second-order valence-electron chi connectivity index (χ2n) is 13.9. The van der Waals surface area contributed by atoms with Crippen LogP contribution in [0.5, 0.6) is 0 Å². The predicted molar refractivity (Wildman–Crippen MR) is 166 cm³/mol. The van der Waals surface area contributed by atoms with Gasteiger partial charge in [0.25, 0.3) is 0 Å². The minimum Gasteiger partial charge on any atom is -0.390 e. The number of carbonyl (C=O) groups is 2. The van der Waals surface area contributed by atoms with Gasteiger partial charge in [0.2, 0.25) is 11.8 Å². The van der Waals surface area contributed by atoms with Crippen molar-refractivity contribution in [3.63, 3.8) is 0 Å². The molecule has 230 valence electrons. The number of hydrogen-bond acceptors (Lipinski definition) is 6. The molecule has 1 aromatic heterocycles. The van der Waals surface area contributed by atoms with Crippen LogP contribution in [0.1, 0.15) is 68.0 Å². The third-order valence-corrected chi connectivity index (χ3v) is 10.2. The Morgan fingerprint density at radius 1 is 1.05 bits per heavy atom. The Labute approximate surface area is 258 Å². The third-order valence-electron chi connectivity index (χ3n) is 10.2. The van der Waals surface area contributed by atoms with Crippen LogP contribution in [0.2, 0.25) is 0 Å². The van der Waals surface area contributed by atoms with E-state index >= 15 is 0 Å². The van der Waals surface area contributed by atoms with Gasteiger partial charge in [0.1, 0.15) is 6.04 Å². The number of aliphatic hydroxyl groups is 1. The van der Waals surface area contributed by atoms with Crippen LogP contribution in [-0.2, 0) is 30.9 Å². The lowest BCUT2D eigenvalue weighted by atomic mass is 9.82. The first kappa shape index (κ1) is 29.1. The molecule has 8 heteroatoms. The quantitative estimate of drug-likeness (QED) is 0.422. The van der Waals surface area contributed by atoms with Crippen LogP contribution in [0.3, 0.4) is 0 Å². The number of anilines is 1. The van der Waals surface area contributed by atoms with E-state index < -0.39 is 18.2 Å². The number of nitrogens with one attached hydrogen (secondary N) is 1. The molecule has 2 unspecified atom stereocenters. The Bertz CT molecular complexity index is 1520. The Balaban J connectivity index is 1.30. The minimum atomic E-state index is -0.982. The molecular formula is C36H41N3O5. The maximum Gasteiger partial charge on any atom is 0.248 e. The van der Waals surface area contributed by atoms with E-state index in [0.717, 1.165) is 23.1 Å². The van der Waals surface area contributed by atoms with Gasteiger partial charge >= 0.3 is 0 Å². The lowest BCUT2D eigenvalue weighted by Gasteiger charge is -2.38. The van der Waals surface area contributed by atoms with Crippen molar-refractivity contribution in [3.8, 4) is 0 Å². The van der Waals surface area contributed by atoms with E-state index in [4.69, 9.17) is 9.47 Å². The molecule has 1 saturated carbocycles. The predicted octanol–water partition coefficient (Wildman–Crippen LogP) is 4.87. The van der Waals surface area contributed by atoms with Crippen molar-refractivity contribution in [3.05, 3.63) is 95.3 Å². The highest BCUT2D eigenvalue weighted by atomic mass is 16.7. The zero-order chi connectivity index (χ0) is 30.6. The minimum absolute atomic E-state index is 0.0649. The molecule has 2 amide bonds. The number of benzene rings is 2. The Morgan fingerprint density at radius 2 is 1.84 bits per heavy atom. The summed E-state index contributed by atoms with van der Waals surface area (Å²) in [5.74, 6) is -0.0827. The maximum absolute atomic E-state index is 15.0. The summed E-state index contributed by atoms with van der Waals surface area (Å²) in [4.78, 5) is 35.6. The zero-order valence-corrected chi connectivity index (χ0v) is 25.6. The molecule has 2 aliphatic heterocycles. The van der Waals surface area contributed by atoms with Crippen molar-refractivity contribution in [2.75, 3.05) is 18.1 Å². The largest absolute Gasteiger partial charge is 0.390 e. The summed E-state index contributed by atoms with van der Waals surface area (Å²) >= 11 is 0. The molecule has 0 spiro atoms. The molecule has 0 radical (unpaired) electrons. The molecule has 3 heterocycles. The number of pyridine rings is 1. The number of fused-ring (bicyclic) bond motifs is 1. The normalized spacial score (nSPS) is 29.5. The van der Waals surface area contributed by atoms with Gasteiger partial charge < -0.3 is 19.9 Å². The third kappa shape index (κ3) is 5.13. The van der Waals surface area contributed by atoms with Crippen molar-refractivity contribution in [2.45, 2.75) is 69.9 Å². The average Bonchev–Trinajstić information content (AvgIpc) is 3.71. The van der Waals surface area contributed by atoms with Crippen molar-refractivity contribution < 1.29 is 24.2 Å². The molecule has 7 rings (SSSR count). The first-order chi connectivity index (χ1) is 21.2. The van der Waals surface area contributed by atoms with E-state index in [9.17, 15) is 14.7 Å². The number of ether oxygens (including phenoxy) is 2. The average molecular weight is 596 g/mol. The molecule has 8 nitrogen and oxygen atoms in total. The Morgan fingerprint density at radius 3 is 2.59 bits per heavy atom. The van der Waals surface area contributed by atoms with Gasteiger partial charge in [0.05, 0.1) is 25.4 Å². The summed E-state index contributed by atoms with van der Waals surface area (Å²) in [6, 6.07) is 17.9. The van der Waals surface area contributed by atoms with Crippen molar-refractivity contribution in [1.29, 1.82) is 0 Å². The number of rotatable bonds is 6. The van der Waals surface area contributed by atoms with Crippen LogP contribution in [-0.4, -0.2) is 47.5 Å². The molecule has 2 N–H and O–H groups in total. The van der Waals surface area contributed by atoms with E-state index in [1.807, 2.05) is 54.6 Å². The van der Waals surface area contributed by atoms with Crippen molar-refractivity contribution in [2.24, 2.45) is 23.7 Å². The van der Waals surface area contributed by atoms with Crippen molar-refractivity contribution >= 4 is 17.5 Å². The number of amides is 2. The van der Waals surface area contributed by atoms with Crippen LogP contribution >= 0.6 is 0 Å². The number of aliphatic hydroxyl groups excluding tert-OH is 1. The molecular weight excluding hydrogens is 554 g/mol. The zero-order valence-electron chi connectivity index (χ0n) is 25.6. The highest BCUT2D eigenvalue weighted by Crippen LogP contribution is 2.53. The summed E-state index contributed by atoms with van der Waals surface area (Å²) in [6.45, 7) is 7.63. The summed E-state index contributed by atoms with van der Waals surface area (Å²) in [7, 11) is 0. The molecule has 8 atom stereocenters. The lowest BCUT2D eigenvalue weighted by molar-refractivity contribution is -0.170. The van der Waals surface area contributed by atoms with Crippen LogP contribution in [0.15, 0.2) is 73.1 Å². The van der Waals surface area contributed by atoms with E-state index in [1.165, 1.54) is 0 Å². The van der Waals surface area contributed by atoms with E-state index in [-0.39, 0.29) is 47.2 Å². The van der Waals surface area contributed by atoms with Gasteiger partial charge in [-0.3, -0.25) is 19.5 Å². The standard InChI is InChI=1S/C36H41N3O5/c1-36(2,3)24-10-12-25(13-11-24)39(34(42)28-17-23-20-44-35-30(23)27(28)14-16-43-35)32(22-8-6-15-37-19-22)33(41)38-31-26-9-5-4-7-21(26)18-29(31)40/h4-13,15,19,23,27-32,35,40H,14,16-18,20H2,1-3H3,(H,38,41)/t23?,27-,28-,29+,30+,31-,32?,35+/m1/s1. The van der Waals surface area contributed by atoms with Gasteiger partial charge in [-0.25, -0.2) is 0 Å². The molecule has 3 aromatic rings. The van der Waals surface area contributed by atoms with E-state index in [0.29, 0.717) is 37.3 Å². The summed E-state index contributed by atoms with van der Waals surface area (Å²) in [5.41, 5.74) is 4.27. The molecule has 0 bridgehead atoms. The maximum atomic E-state index is 15.0. The number of aromatic nitrogens is 1. The molecule has 2 saturated heterocycles. The van der Waals surface area contributed by atoms with Gasteiger partial charge in [-0.05, 0) is 65.0 Å². The van der Waals surface area contributed by atoms with Gasteiger partial charge in [-0.15, -0.1) is 0 Å². The van der Waals surface area contributed by atoms with Crippen LogP contribution in [0.25, 0.3) is 0 Å². The SMILES string of the molecule is CC(C)(C)c1ccc(N(C(=O)[C@@H]2CC3CO[C@@H]4OCC[C@H]2[C@H]34)C(C(=O)N[C@@H]2c3ccccc3C[C@@H]2O)c2cccnc2)cc1. The highest BCUT2D eigenvalue weighted by Gasteiger charge is 2.56. The highest BCUT2D eigenvalue weighted by molar-refractivity contribution is 6.02. The Kier molecular flexibility index (Phi) is 7.55. The summed E-state index contributed by atoms with van der Waals surface area (Å²) in [6.07, 6.45) is 4.29. The van der Waals surface area contributed by atoms with Crippen LogP contribution in [0.4, 0.5) is 5.69 Å². The summed E-state index contributed by atoms with van der Waals surface area (Å²) < 4.78 is 11.9. The fourth-order valence-corrected chi connectivity index (χ4v) is 8.01. The second kappa shape index (κ2) is 11.4. The number of carbonyl (C=O) groups excluding carboxylic acids is 2. The van der Waals surface area contributed by atoms with Gasteiger partial charge in [0, 0.05) is 41.9 Å². The van der Waals surface area contributed by atoms with Gasteiger partial charge in [-0.2, -0.15) is 0 Å². The first-order valence-corrected chi connectivity index (χ1v) is 15.8. The molecule has 4 aliphatic rings. The second-order valence-corrected chi connectivity index (χ2v) is 13.9. The molecule has 3 fully saturated rings. The fourth-order valence-electron chi connectivity index (χ4n) is 8.01. The molecule has 2 aromatic carbocycles. The summed E-state index contributed by atoms with van der Waals surface area (Å²) in [5, 5.41) is 14.2. The smallest absolute Gasteiger partial charge is 0.248 e. The van der Waals surface area contributed by atoms with Gasteiger partial charge in [-0.1, -0.05) is 63.2 Å². The molecule has 2 aliphatic carbocycles.